The number of aryl methyl sites for hydroxylation is 2. The standard InChI is InChI=1S/C10H9BrN2O5S2/c1-4-5(2)19-10(12-4)13-20(16,17)7-3-6(9(14)15)18-8(7)11/h3H,1-2H3,(H,12,13)(H,14,15). The fourth-order valence-corrected chi connectivity index (χ4v) is 4.32. The molecule has 20 heavy (non-hydrogen) atoms. The highest BCUT2D eigenvalue weighted by Gasteiger charge is 2.26. The van der Waals surface area contributed by atoms with Crippen LogP contribution in [-0.4, -0.2) is 24.5 Å². The van der Waals surface area contributed by atoms with E-state index < -0.39 is 21.8 Å². The molecule has 2 aromatic rings. The zero-order valence-corrected chi connectivity index (χ0v) is 13.5. The van der Waals surface area contributed by atoms with Gasteiger partial charge in [0.15, 0.2) is 9.80 Å². The maximum Gasteiger partial charge on any atom is 0.371 e. The molecule has 0 aromatic carbocycles. The minimum Gasteiger partial charge on any atom is -0.475 e. The second kappa shape index (κ2) is 5.19. The Morgan fingerprint density at radius 1 is 1.50 bits per heavy atom. The Morgan fingerprint density at radius 3 is 2.60 bits per heavy atom. The maximum atomic E-state index is 12.2. The molecule has 0 spiro atoms. The van der Waals surface area contributed by atoms with E-state index >= 15 is 0 Å². The van der Waals surface area contributed by atoms with Gasteiger partial charge in [-0.15, -0.1) is 11.3 Å². The summed E-state index contributed by atoms with van der Waals surface area (Å²) in [6, 6.07) is 0.933. The Kier molecular flexibility index (Phi) is 3.89. The largest absolute Gasteiger partial charge is 0.475 e. The van der Waals surface area contributed by atoms with Crippen LogP contribution in [0.15, 0.2) is 20.0 Å². The predicted octanol–water partition coefficient (Wildman–Crippen LogP) is 2.61. The predicted molar refractivity (Wildman–Crippen MR) is 75.8 cm³/mol. The van der Waals surface area contributed by atoms with Crippen LogP contribution in [0.3, 0.4) is 0 Å². The Bertz CT molecular complexity index is 758. The molecule has 10 heteroatoms. The summed E-state index contributed by atoms with van der Waals surface area (Å²) in [6.07, 6.45) is 0. The van der Waals surface area contributed by atoms with E-state index in [1.807, 2.05) is 6.92 Å². The number of nitrogens with one attached hydrogen (secondary N) is 1. The summed E-state index contributed by atoms with van der Waals surface area (Å²) in [6.45, 7) is 3.58. The number of aromatic nitrogens is 1. The third-order valence-electron chi connectivity index (χ3n) is 2.41. The second-order valence-corrected chi connectivity index (χ2v) is 7.39. The SMILES string of the molecule is Cc1nc(NS(=O)(=O)c2cc(C(=O)O)oc2Br)sc1C. The van der Waals surface area contributed by atoms with Crippen LogP contribution in [0.4, 0.5) is 5.13 Å². The van der Waals surface area contributed by atoms with Gasteiger partial charge in [0.25, 0.3) is 10.0 Å². The molecule has 0 saturated heterocycles. The van der Waals surface area contributed by atoms with Crippen molar-refractivity contribution in [1.82, 2.24) is 4.98 Å². The lowest BCUT2D eigenvalue weighted by atomic mass is 10.4. The zero-order valence-electron chi connectivity index (χ0n) is 10.3. The number of aromatic carboxylic acids is 1. The van der Waals surface area contributed by atoms with Crippen LogP contribution in [-0.2, 0) is 10.0 Å². The van der Waals surface area contributed by atoms with E-state index in [1.54, 1.807) is 6.92 Å². The number of hydrogen-bond acceptors (Lipinski definition) is 6. The van der Waals surface area contributed by atoms with Crippen LogP contribution in [0.2, 0.25) is 0 Å². The number of thiazole rings is 1. The van der Waals surface area contributed by atoms with Crippen molar-refractivity contribution >= 4 is 48.4 Å². The van der Waals surface area contributed by atoms with Gasteiger partial charge >= 0.3 is 5.97 Å². The molecule has 0 atom stereocenters. The Hall–Kier alpha value is -1.39. The quantitative estimate of drug-likeness (QED) is 0.843. The van der Waals surface area contributed by atoms with Gasteiger partial charge in [-0.2, -0.15) is 0 Å². The fraction of sp³-hybridized carbons (Fsp3) is 0.200. The van der Waals surface area contributed by atoms with Crippen LogP contribution in [0, 0.1) is 13.8 Å². The number of carboxylic acids is 1. The molecular weight excluding hydrogens is 372 g/mol. The highest BCUT2D eigenvalue weighted by Crippen LogP contribution is 2.29. The Labute approximate surface area is 126 Å². The van der Waals surface area contributed by atoms with Crippen molar-refractivity contribution in [2.45, 2.75) is 18.7 Å². The molecular formula is C10H9BrN2O5S2. The summed E-state index contributed by atoms with van der Waals surface area (Å²) in [5.41, 5.74) is 0.727. The molecule has 2 rings (SSSR count). The summed E-state index contributed by atoms with van der Waals surface area (Å²) in [7, 11) is -3.97. The van der Waals surface area contributed by atoms with E-state index in [0.717, 1.165) is 16.6 Å². The Balaban J connectivity index is 2.37. The molecule has 0 aliphatic heterocycles. The summed E-state index contributed by atoms with van der Waals surface area (Å²) < 4.78 is 31.2. The first-order valence-corrected chi connectivity index (χ1v) is 8.29. The third kappa shape index (κ3) is 2.86. The van der Waals surface area contributed by atoms with Gasteiger partial charge in [-0.05, 0) is 29.8 Å². The number of halogens is 1. The van der Waals surface area contributed by atoms with Crippen molar-refractivity contribution in [2.24, 2.45) is 0 Å². The molecule has 0 fully saturated rings. The summed E-state index contributed by atoms with van der Waals surface area (Å²) >= 11 is 4.08. The number of furan rings is 1. The van der Waals surface area contributed by atoms with Crippen LogP contribution in [0.1, 0.15) is 21.1 Å². The first-order chi connectivity index (χ1) is 9.20. The lowest BCUT2D eigenvalue weighted by molar-refractivity contribution is 0.0661. The number of carbonyl (C=O) groups is 1. The molecule has 0 aliphatic rings. The van der Waals surface area contributed by atoms with Crippen molar-refractivity contribution in [1.29, 1.82) is 0 Å². The van der Waals surface area contributed by atoms with Crippen molar-refractivity contribution in [2.75, 3.05) is 4.72 Å². The van der Waals surface area contributed by atoms with Gasteiger partial charge in [-0.3, -0.25) is 4.72 Å². The van der Waals surface area contributed by atoms with E-state index in [1.165, 1.54) is 11.3 Å². The first-order valence-electron chi connectivity index (χ1n) is 5.20. The van der Waals surface area contributed by atoms with Crippen molar-refractivity contribution < 1.29 is 22.7 Å². The highest BCUT2D eigenvalue weighted by molar-refractivity contribution is 9.10. The van der Waals surface area contributed by atoms with Crippen LogP contribution >= 0.6 is 27.3 Å². The van der Waals surface area contributed by atoms with Crippen molar-refractivity contribution in [3.05, 3.63) is 27.1 Å². The first kappa shape index (κ1) is 15.0. The zero-order chi connectivity index (χ0) is 15.1. The van der Waals surface area contributed by atoms with Gasteiger partial charge in [-0.25, -0.2) is 18.2 Å². The number of hydrogen-bond donors (Lipinski definition) is 2. The summed E-state index contributed by atoms with van der Waals surface area (Å²) in [5.74, 6) is -1.82. The van der Waals surface area contributed by atoms with Crippen LogP contribution < -0.4 is 4.72 Å². The van der Waals surface area contributed by atoms with Gasteiger partial charge in [0.1, 0.15) is 4.90 Å². The maximum absolute atomic E-state index is 12.2. The molecule has 7 nitrogen and oxygen atoms in total. The molecule has 2 heterocycles. The highest BCUT2D eigenvalue weighted by atomic mass is 79.9. The average Bonchev–Trinajstić information content (AvgIpc) is 2.83. The lowest BCUT2D eigenvalue weighted by Crippen LogP contribution is -2.12. The number of rotatable bonds is 4. The van der Waals surface area contributed by atoms with Crippen molar-refractivity contribution in [3.8, 4) is 0 Å². The topological polar surface area (TPSA) is 110 Å². The molecule has 0 aliphatic carbocycles. The number of sulfonamides is 1. The van der Waals surface area contributed by atoms with E-state index in [0.29, 0.717) is 0 Å². The van der Waals surface area contributed by atoms with E-state index in [2.05, 4.69) is 25.6 Å². The molecule has 2 N–H and O–H groups in total. The van der Waals surface area contributed by atoms with Gasteiger partial charge in [-0.1, -0.05) is 0 Å². The summed E-state index contributed by atoms with van der Waals surface area (Å²) in [5, 5.41) is 8.99. The smallest absolute Gasteiger partial charge is 0.371 e. The minimum atomic E-state index is -3.97. The normalized spacial score (nSPS) is 11.6. The average molecular weight is 381 g/mol. The molecule has 2 aromatic heterocycles. The minimum absolute atomic E-state index is 0.174. The molecule has 0 unspecified atom stereocenters. The van der Waals surface area contributed by atoms with Crippen LogP contribution in [0.25, 0.3) is 0 Å². The summed E-state index contributed by atoms with van der Waals surface area (Å²) in [4.78, 5) is 15.4. The molecule has 108 valence electrons. The second-order valence-electron chi connectivity index (χ2n) is 3.82. The monoisotopic (exact) mass is 380 g/mol. The van der Waals surface area contributed by atoms with Gasteiger partial charge in [0.05, 0.1) is 5.69 Å². The van der Waals surface area contributed by atoms with Gasteiger partial charge in [0, 0.05) is 10.9 Å². The van der Waals surface area contributed by atoms with Crippen molar-refractivity contribution in [3.63, 3.8) is 0 Å². The fourth-order valence-electron chi connectivity index (χ4n) is 1.33. The molecule has 0 amide bonds. The molecule has 0 saturated carbocycles. The Morgan fingerprint density at radius 2 is 2.15 bits per heavy atom. The van der Waals surface area contributed by atoms with E-state index in [9.17, 15) is 13.2 Å². The number of nitrogens with zero attached hydrogens (tertiary/aromatic N) is 1. The van der Waals surface area contributed by atoms with Gasteiger partial charge < -0.3 is 9.52 Å². The number of anilines is 1. The lowest BCUT2D eigenvalue weighted by Gasteiger charge is -2.02. The molecule has 0 radical (unpaired) electrons. The van der Waals surface area contributed by atoms with Gasteiger partial charge in [0.2, 0.25) is 5.76 Å². The number of carboxylic acid groups (broad SMARTS) is 1. The van der Waals surface area contributed by atoms with E-state index in [4.69, 9.17) is 9.52 Å². The molecule has 0 bridgehead atoms. The van der Waals surface area contributed by atoms with E-state index in [-0.39, 0.29) is 14.7 Å². The van der Waals surface area contributed by atoms with Crippen LogP contribution in [0.5, 0.6) is 0 Å². The third-order valence-corrected chi connectivity index (χ3v) is 5.72.